The molecule has 1 amide bonds. The molecule has 0 heterocycles. The minimum absolute atomic E-state index is 0.225. The largest absolute Gasteiger partial charge is 0.573 e. The van der Waals surface area contributed by atoms with Crippen LogP contribution in [0.3, 0.4) is 0 Å². The van der Waals surface area contributed by atoms with E-state index in [-0.39, 0.29) is 5.56 Å². The zero-order valence-electron chi connectivity index (χ0n) is 18.8. The molecular formula is C22H14Cl2F10N2O2S. The molecular weight excluding hydrogens is 617 g/mol. The van der Waals surface area contributed by atoms with Gasteiger partial charge in [0.1, 0.15) is 17.3 Å². The molecule has 214 valence electrons. The minimum atomic E-state index is -5.27. The summed E-state index contributed by atoms with van der Waals surface area (Å²) in [4.78, 5) is 11.0. The Morgan fingerprint density at radius 2 is 1.56 bits per heavy atom. The van der Waals surface area contributed by atoms with Crippen LogP contribution >= 0.6 is 35.4 Å². The van der Waals surface area contributed by atoms with Gasteiger partial charge in [0.25, 0.3) is 0 Å². The van der Waals surface area contributed by atoms with Crippen LogP contribution in [0.15, 0.2) is 36.4 Å². The van der Waals surface area contributed by atoms with Gasteiger partial charge in [-0.2, -0.15) is 26.3 Å². The number of allylic oxidation sites excluding steroid dienone is 1. The third-order valence-electron chi connectivity index (χ3n) is 4.57. The summed E-state index contributed by atoms with van der Waals surface area (Å²) in [5.74, 6) is -5.68. The maximum Gasteiger partial charge on any atom is 0.573 e. The van der Waals surface area contributed by atoms with Crippen LogP contribution in [0.2, 0.25) is 10.0 Å². The molecule has 1 unspecified atom stereocenters. The van der Waals surface area contributed by atoms with Crippen molar-refractivity contribution in [3.8, 4) is 5.75 Å². The number of halogens is 12. The predicted molar refractivity (Wildman–Crippen MR) is 126 cm³/mol. The van der Waals surface area contributed by atoms with Gasteiger partial charge in [-0.15, -0.1) is 13.2 Å². The smallest absolute Gasteiger partial charge is 0.405 e. The summed E-state index contributed by atoms with van der Waals surface area (Å²) in [5.41, 5.74) is -1.24. The fourth-order valence-corrected chi connectivity index (χ4v) is 3.67. The van der Waals surface area contributed by atoms with Crippen LogP contribution in [0.5, 0.6) is 5.75 Å². The Balaban J connectivity index is 2.34. The zero-order valence-corrected chi connectivity index (χ0v) is 21.1. The van der Waals surface area contributed by atoms with Gasteiger partial charge in [0, 0.05) is 0 Å². The highest BCUT2D eigenvalue weighted by Gasteiger charge is 2.39. The molecule has 0 radical (unpaired) electrons. The first-order chi connectivity index (χ1) is 17.8. The Bertz CT molecular complexity index is 1220. The van der Waals surface area contributed by atoms with E-state index in [1.165, 1.54) is 5.32 Å². The van der Waals surface area contributed by atoms with Crippen molar-refractivity contribution in [3.63, 3.8) is 0 Å². The Labute approximate surface area is 228 Å². The van der Waals surface area contributed by atoms with Crippen LogP contribution < -0.4 is 15.4 Å². The van der Waals surface area contributed by atoms with Crippen molar-refractivity contribution < 1.29 is 53.4 Å². The third-order valence-corrected chi connectivity index (χ3v) is 5.48. The summed E-state index contributed by atoms with van der Waals surface area (Å²) in [7, 11) is 0. The van der Waals surface area contributed by atoms with E-state index in [1.807, 2.05) is 0 Å². The molecule has 0 aromatic heterocycles. The lowest BCUT2D eigenvalue weighted by Crippen LogP contribution is -2.40. The van der Waals surface area contributed by atoms with Crippen molar-refractivity contribution in [2.45, 2.75) is 24.6 Å². The number of carbonyl (C=O) groups excluding carboxylic acids is 1. The number of nitrogens with one attached hydrogen (secondary N) is 2. The molecule has 2 N–H and O–H groups in total. The Morgan fingerprint density at radius 1 is 0.974 bits per heavy atom. The number of ether oxygens (including phenoxy) is 1. The monoisotopic (exact) mass is 630 g/mol. The molecule has 2 aromatic carbocycles. The molecule has 39 heavy (non-hydrogen) atoms. The lowest BCUT2D eigenvalue weighted by Gasteiger charge is -2.18. The average Bonchev–Trinajstić information content (AvgIpc) is 2.77. The van der Waals surface area contributed by atoms with E-state index < -0.39 is 81.4 Å². The summed E-state index contributed by atoms with van der Waals surface area (Å²) in [5, 5.41) is 2.32. The molecule has 2 aromatic rings. The van der Waals surface area contributed by atoms with Gasteiger partial charge in [0.2, 0.25) is 5.91 Å². The molecule has 1 atom stereocenters. The molecule has 0 aliphatic heterocycles. The topological polar surface area (TPSA) is 50.4 Å². The first kappa shape index (κ1) is 32.4. The number of alkyl halides is 9. The minimum Gasteiger partial charge on any atom is -0.405 e. The van der Waals surface area contributed by atoms with E-state index in [4.69, 9.17) is 35.4 Å². The number of carbonyl (C=O) groups is 1. The second-order valence-electron chi connectivity index (χ2n) is 7.55. The lowest BCUT2D eigenvalue weighted by atomic mass is 9.96. The molecule has 0 saturated heterocycles. The maximum absolute atomic E-state index is 13.7. The second kappa shape index (κ2) is 12.6. The number of rotatable bonds is 8. The van der Waals surface area contributed by atoms with Gasteiger partial charge in [-0.25, -0.2) is 4.39 Å². The van der Waals surface area contributed by atoms with Crippen molar-refractivity contribution in [2.24, 2.45) is 0 Å². The highest BCUT2D eigenvalue weighted by atomic mass is 35.5. The summed E-state index contributed by atoms with van der Waals surface area (Å²) < 4.78 is 134. The van der Waals surface area contributed by atoms with Crippen molar-refractivity contribution in [3.05, 3.63) is 69.0 Å². The van der Waals surface area contributed by atoms with E-state index in [2.05, 4.69) is 10.1 Å². The SMILES string of the molecule is O=C(CNC(=S)c1ccc(/C=C/C(c2cc(Cl)c(F)c(Cl)c2)C(F)(F)F)cc1OC(F)(F)F)NCC(F)(F)F. The Kier molecular flexibility index (Phi) is 10.5. The standard InChI is InChI=1S/C22H14Cl2F10N2O2S/c23-14-6-11(7-15(24)18(14)25)13(21(29,30)31)4-2-10-1-3-12(16(5-10)38-22(32,33)34)19(39)35-8-17(37)36-9-20(26,27)28/h1-7,13H,8-9H2,(H,35,39)(H,36,37)/b4-2+. The van der Waals surface area contributed by atoms with Crippen LogP contribution in [-0.2, 0) is 4.79 Å². The number of thiocarbonyl (C=S) groups is 1. The van der Waals surface area contributed by atoms with Crippen molar-refractivity contribution >= 4 is 52.4 Å². The number of hydrogen-bond acceptors (Lipinski definition) is 3. The van der Waals surface area contributed by atoms with Gasteiger partial charge in [-0.1, -0.05) is 53.6 Å². The first-order valence-electron chi connectivity index (χ1n) is 10.2. The van der Waals surface area contributed by atoms with Gasteiger partial charge in [-0.3, -0.25) is 4.79 Å². The van der Waals surface area contributed by atoms with Gasteiger partial charge in [-0.05, 0) is 35.4 Å². The van der Waals surface area contributed by atoms with Crippen molar-refractivity contribution in [2.75, 3.05) is 13.1 Å². The number of hydrogen-bond donors (Lipinski definition) is 2. The summed E-state index contributed by atoms with van der Waals surface area (Å²) in [6.45, 7) is -2.49. The van der Waals surface area contributed by atoms with E-state index in [0.29, 0.717) is 24.3 Å². The molecule has 4 nitrogen and oxygen atoms in total. The second-order valence-corrected chi connectivity index (χ2v) is 8.78. The molecule has 0 aliphatic carbocycles. The van der Waals surface area contributed by atoms with E-state index >= 15 is 0 Å². The van der Waals surface area contributed by atoms with E-state index in [1.54, 1.807) is 0 Å². The van der Waals surface area contributed by atoms with Gasteiger partial charge >= 0.3 is 18.7 Å². The van der Waals surface area contributed by atoms with Gasteiger partial charge in [0.15, 0.2) is 5.82 Å². The maximum atomic E-state index is 13.7. The molecule has 0 saturated carbocycles. The van der Waals surface area contributed by atoms with E-state index in [9.17, 15) is 48.7 Å². The Hall–Kier alpha value is -2.78. The Morgan fingerprint density at radius 3 is 2.08 bits per heavy atom. The molecule has 17 heteroatoms. The van der Waals surface area contributed by atoms with Crippen molar-refractivity contribution in [1.29, 1.82) is 0 Å². The first-order valence-corrected chi connectivity index (χ1v) is 11.3. The zero-order chi connectivity index (χ0) is 29.8. The van der Waals surface area contributed by atoms with Crippen LogP contribution in [0.25, 0.3) is 6.08 Å². The normalized spacial score (nSPS) is 13.3. The van der Waals surface area contributed by atoms with Crippen LogP contribution in [-0.4, -0.2) is 42.7 Å². The number of amides is 1. The van der Waals surface area contributed by atoms with Crippen LogP contribution in [0.4, 0.5) is 43.9 Å². The van der Waals surface area contributed by atoms with Crippen LogP contribution in [0, 0.1) is 5.82 Å². The average molecular weight is 631 g/mol. The molecule has 0 spiro atoms. The fraction of sp³-hybridized carbons (Fsp3) is 0.273. The molecule has 0 bridgehead atoms. The predicted octanol–water partition coefficient (Wildman–Crippen LogP) is 7.33. The van der Waals surface area contributed by atoms with Gasteiger partial charge < -0.3 is 15.4 Å². The highest BCUT2D eigenvalue weighted by Crippen LogP contribution is 2.39. The summed E-state index contributed by atoms with van der Waals surface area (Å²) in [6, 6.07) is 4.07. The van der Waals surface area contributed by atoms with Gasteiger partial charge in [0.05, 0.1) is 28.1 Å². The number of benzene rings is 2. The van der Waals surface area contributed by atoms with Crippen LogP contribution in [0.1, 0.15) is 22.6 Å². The molecule has 2 rings (SSSR count). The fourth-order valence-electron chi connectivity index (χ4n) is 2.93. The quantitative estimate of drug-likeness (QED) is 0.182. The summed E-state index contributed by atoms with van der Waals surface area (Å²) >= 11 is 16.0. The highest BCUT2D eigenvalue weighted by molar-refractivity contribution is 7.80. The van der Waals surface area contributed by atoms with Crippen molar-refractivity contribution in [1.82, 2.24) is 10.6 Å². The summed E-state index contributed by atoms with van der Waals surface area (Å²) in [6.07, 6.45) is -13.5. The lowest BCUT2D eigenvalue weighted by molar-refractivity contribution is -0.274. The molecule has 0 aliphatic rings. The molecule has 0 fully saturated rings. The third kappa shape index (κ3) is 10.4. The van der Waals surface area contributed by atoms with E-state index in [0.717, 1.165) is 18.2 Å².